The van der Waals surface area contributed by atoms with Gasteiger partial charge in [-0.25, -0.2) is 0 Å². The van der Waals surface area contributed by atoms with Crippen LogP contribution in [0.1, 0.15) is 70.3 Å². The Morgan fingerprint density at radius 2 is 1.50 bits per heavy atom. The van der Waals surface area contributed by atoms with Gasteiger partial charge in [-0.15, -0.1) is 0 Å². The molecule has 0 spiro atoms. The average Bonchev–Trinajstić information content (AvgIpc) is 2.48. The molecule has 0 atom stereocenters. The Bertz CT molecular complexity index is 360. The SMILES string of the molecule is CCCCCC1CCC(CCc2ccc(Cl)cc2)CC1. The zero-order chi connectivity index (χ0) is 14.2. The molecule has 1 aromatic rings. The van der Waals surface area contributed by atoms with E-state index in [9.17, 15) is 0 Å². The second-order valence-electron chi connectivity index (χ2n) is 6.55. The second kappa shape index (κ2) is 8.72. The molecule has 0 amide bonds. The van der Waals surface area contributed by atoms with Crippen molar-refractivity contribution in [2.24, 2.45) is 11.8 Å². The quantitative estimate of drug-likeness (QED) is 0.493. The Hall–Kier alpha value is -0.490. The third-order valence-corrected chi connectivity index (χ3v) is 5.19. The normalized spacial score (nSPS) is 22.9. The molecule has 0 unspecified atom stereocenters. The molecule has 20 heavy (non-hydrogen) atoms. The van der Waals surface area contributed by atoms with E-state index in [0.717, 1.165) is 16.9 Å². The number of hydrogen-bond donors (Lipinski definition) is 0. The lowest BCUT2D eigenvalue weighted by atomic mass is 9.78. The highest BCUT2D eigenvalue weighted by atomic mass is 35.5. The standard InChI is InChI=1S/C19H29Cl/c1-2-3-4-5-16-6-8-17(9-7-16)10-11-18-12-14-19(20)15-13-18/h12-17H,2-11H2,1H3. The highest BCUT2D eigenvalue weighted by Crippen LogP contribution is 2.34. The predicted molar refractivity (Wildman–Crippen MR) is 89.4 cm³/mol. The zero-order valence-electron chi connectivity index (χ0n) is 12.9. The number of hydrogen-bond acceptors (Lipinski definition) is 0. The molecule has 0 heterocycles. The van der Waals surface area contributed by atoms with Crippen LogP contribution >= 0.6 is 11.6 Å². The van der Waals surface area contributed by atoms with Crippen molar-refractivity contribution in [2.75, 3.05) is 0 Å². The molecule has 0 radical (unpaired) electrons. The van der Waals surface area contributed by atoms with Gasteiger partial charge in [-0.1, -0.05) is 82.0 Å². The molecule has 1 aromatic carbocycles. The van der Waals surface area contributed by atoms with E-state index < -0.39 is 0 Å². The van der Waals surface area contributed by atoms with E-state index in [1.807, 2.05) is 12.1 Å². The van der Waals surface area contributed by atoms with Crippen LogP contribution in [-0.4, -0.2) is 0 Å². The first-order chi connectivity index (χ1) is 9.78. The summed E-state index contributed by atoms with van der Waals surface area (Å²) in [5.41, 5.74) is 1.44. The van der Waals surface area contributed by atoms with E-state index in [0.29, 0.717) is 0 Å². The van der Waals surface area contributed by atoms with Crippen LogP contribution < -0.4 is 0 Å². The highest BCUT2D eigenvalue weighted by molar-refractivity contribution is 6.30. The van der Waals surface area contributed by atoms with Gasteiger partial charge in [0.15, 0.2) is 0 Å². The summed E-state index contributed by atoms with van der Waals surface area (Å²) in [5.74, 6) is 2.00. The summed E-state index contributed by atoms with van der Waals surface area (Å²) in [4.78, 5) is 0. The Morgan fingerprint density at radius 3 is 2.10 bits per heavy atom. The first-order valence-corrected chi connectivity index (χ1v) is 8.90. The van der Waals surface area contributed by atoms with Crippen molar-refractivity contribution < 1.29 is 0 Å². The lowest BCUT2D eigenvalue weighted by molar-refractivity contribution is 0.249. The Balaban J connectivity index is 1.63. The van der Waals surface area contributed by atoms with Crippen molar-refractivity contribution in [1.82, 2.24) is 0 Å². The molecule has 1 aliphatic rings. The van der Waals surface area contributed by atoms with E-state index in [2.05, 4.69) is 19.1 Å². The molecule has 112 valence electrons. The smallest absolute Gasteiger partial charge is 0.0406 e. The Kier molecular flexibility index (Phi) is 6.93. The fourth-order valence-corrected chi connectivity index (χ4v) is 3.64. The fourth-order valence-electron chi connectivity index (χ4n) is 3.51. The van der Waals surface area contributed by atoms with Crippen molar-refractivity contribution in [1.29, 1.82) is 0 Å². The molecule has 0 bridgehead atoms. The van der Waals surface area contributed by atoms with Crippen LogP contribution in [0.4, 0.5) is 0 Å². The van der Waals surface area contributed by atoms with Crippen LogP contribution in [0.5, 0.6) is 0 Å². The monoisotopic (exact) mass is 292 g/mol. The lowest BCUT2D eigenvalue weighted by Gasteiger charge is -2.28. The van der Waals surface area contributed by atoms with Gasteiger partial charge in [0.05, 0.1) is 0 Å². The van der Waals surface area contributed by atoms with Gasteiger partial charge in [0.2, 0.25) is 0 Å². The number of rotatable bonds is 7. The molecule has 1 aliphatic carbocycles. The maximum Gasteiger partial charge on any atom is 0.0406 e. The molecule has 0 N–H and O–H groups in total. The molecule has 0 aromatic heterocycles. The Labute approximate surface area is 129 Å². The zero-order valence-corrected chi connectivity index (χ0v) is 13.7. The molecule has 1 saturated carbocycles. The number of unbranched alkanes of at least 4 members (excludes halogenated alkanes) is 2. The summed E-state index contributed by atoms with van der Waals surface area (Å²) in [6.07, 6.45) is 14.2. The average molecular weight is 293 g/mol. The van der Waals surface area contributed by atoms with Crippen molar-refractivity contribution >= 4 is 11.6 Å². The molecule has 2 rings (SSSR count). The van der Waals surface area contributed by atoms with E-state index in [-0.39, 0.29) is 0 Å². The first kappa shape index (κ1) is 15.9. The van der Waals surface area contributed by atoms with Crippen LogP contribution in [0.25, 0.3) is 0 Å². The minimum absolute atomic E-state index is 0.848. The summed E-state index contributed by atoms with van der Waals surface area (Å²) >= 11 is 5.93. The predicted octanol–water partition coefficient (Wildman–Crippen LogP) is 6.66. The number of aryl methyl sites for hydroxylation is 1. The van der Waals surface area contributed by atoms with Crippen molar-refractivity contribution in [2.45, 2.75) is 71.1 Å². The fraction of sp³-hybridized carbons (Fsp3) is 0.684. The van der Waals surface area contributed by atoms with Crippen LogP contribution in [0, 0.1) is 11.8 Å². The molecular weight excluding hydrogens is 264 g/mol. The minimum atomic E-state index is 0.848. The van der Waals surface area contributed by atoms with Gasteiger partial charge in [-0.05, 0) is 42.4 Å². The topological polar surface area (TPSA) is 0 Å². The summed E-state index contributed by atoms with van der Waals surface area (Å²) in [6, 6.07) is 8.39. The molecule has 1 heteroatoms. The van der Waals surface area contributed by atoms with E-state index in [1.165, 1.54) is 69.8 Å². The van der Waals surface area contributed by atoms with Gasteiger partial charge < -0.3 is 0 Å². The third-order valence-electron chi connectivity index (χ3n) is 4.94. The van der Waals surface area contributed by atoms with E-state index >= 15 is 0 Å². The maximum atomic E-state index is 5.93. The molecule has 1 fully saturated rings. The summed E-state index contributed by atoms with van der Waals surface area (Å²) < 4.78 is 0. The first-order valence-electron chi connectivity index (χ1n) is 8.52. The molecular formula is C19H29Cl. The molecule has 0 aliphatic heterocycles. The largest absolute Gasteiger partial charge is 0.0843 e. The van der Waals surface area contributed by atoms with Crippen LogP contribution in [0.15, 0.2) is 24.3 Å². The molecule has 0 nitrogen and oxygen atoms in total. The van der Waals surface area contributed by atoms with E-state index in [4.69, 9.17) is 11.6 Å². The minimum Gasteiger partial charge on any atom is -0.0843 e. The van der Waals surface area contributed by atoms with Gasteiger partial charge in [-0.3, -0.25) is 0 Å². The van der Waals surface area contributed by atoms with Crippen LogP contribution in [0.2, 0.25) is 5.02 Å². The lowest BCUT2D eigenvalue weighted by Crippen LogP contribution is -2.15. The van der Waals surface area contributed by atoms with Gasteiger partial charge >= 0.3 is 0 Å². The summed E-state index contributed by atoms with van der Waals surface area (Å²) in [6.45, 7) is 2.30. The summed E-state index contributed by atoms with van der Waals surface area (Å²) in [5, 5.41) is 0.848. The van der Waals surface area contributed by atoms with Gasteiger partial charge in [0.1, 0.15) is 0 Å². The van der Waals surface area contributed by atoms with Crippen molar-refractivity contribution in [3.05, 3.63) is 34.9 Å². The van der Waals surface area contributed by atoms with Crippen molar-refractivity contribution in [3.8, 4) is 0 Å². The summed E-state index contributed by atoms with van der Waals surface area (Å²) in [7, 11) is 0. The van der Waals surface area contributed by atoms with Crippen LogP contribution in [0.3, 0.4) is 0 Å². The van der Waals surface area contributed by atoms with Crippen LogP contribution in [-0.2, 0) is 6.42 Å². The second-order valence-corrected chi connectivity index (χ2v) is 6.98. The van der Waals surface area contributed by atoms with Gasteiger partial charge in [0.25, 0.3) is 0 Å². The number of benzene rings is 1. The van der Waals surface area contributed by atoms with E-state index in [1.54, 1.807) is 0 Å². The van der Waals surface area contributed by atoms with Crippen molar-refractivity contribution in [3.63, 3.8) is 0 Å². The van der Waals surface area contributed by atoms with Gasteiger partial charge in [0, 0.05) is 5.02 Å². The maximum absolute atomic E-state index is 5.93. The van der Waals surface area contributed by atoms with Gasteiger partial charge in [-0.2, -0.15) is 0 Å². The molecule has 0 saturated heterocycles. The Morgan fingerprint density at radius 1 is 0.900 bits per heavy atom. The third kappa shape index (κ3) is 5.48. The number of halogens is 1. The highest BCUT2D eigenvalue weighted by Gasteiger charge is 2.20.